The zero-order valence-electron chi connectivity index (χ0n) is 9.98. The molecular formula is C11H9ClN2O5S. The highest BCUT2D eigenvalue weighted by Crippen LogP contribution is 2.28. The Hall–Kier alpha value is -1.80. The zero-order chi connectivity index (χ0) is 14.9. The summed E-state index contributed by atoms with van der Waals surface area (Å²) >= 11 is 6.99. The SMILES string of the molecule is O=C(O)[C@@H]1CSCN1C(=O)c1ccc(Cl)c([N+](=O)[O-])c1. The van der Waals surface area contributed by atoms with E-state index in [9.17, 15) is 19.7 Å². The van der Waals surface area contributed by atoms with Crippen LogP contribution in [0, 0.1) is 10.1 Å². The first-order chi connectivity index (χ1) is 9.41. The van der Waals surface area contributed by atoms with E-state index in [2.05, 4.69) is 0 Å². The molecule has 2 rings (SSSR count). The molecule has 1 heterocycles. The first kappa shape index (κ1) is 14.6. The summed E-state index contributed by atoms with van der Waals surface area (Å²) in [4.78, 5) is 34.6. The molecule has 1 aliphatic heterocycles. The van der Waals surface area contributed by atoms with Gasteiger partial charge in [0.25, 0.3) is 11.6 Å². The number of nitrogens with zero attached hydrogens (tertiary/aromatic N) is 2. The molecule has 0 aliphatic carbocycles. The van der Waals surface area contributed by atoms with Crippen molar-refractivity contribution in [2.45, 2.75) is 6.04 Å². The Labute approximate surface area is 122 Å². The maximum Gasteiger partial charge on any atom is 0.327 e. The van der Waals surface area contributed by atoms with Crippen molar-refractivity contribution >= 4 is 40.9 Å². The minimum atomic E-state index is -1.09. The van der Waals surface area contributed by atoms with Crippen molar-refractivity contribution in [1.82, 2.24) is 4.90 Å². The van der Waals surface area contributed by atoms with Crippen LogP contribution in [0.3, 0.4) is 0 Å². The average Bonchev–Trinajstić information content (AvgIpc) is 2.87. The number of carbonyl (C=O) groups is 2. The van der Waals surface area contributed by atoms with Gasteiger partial charge in [-0.15, -0.1) is 11.8 Å². The third-order valence-electron chi connectivity index (χ3n) is 2.82. The molecule has 7 nitrogen and oxygen atoms in total. The Morgan fingerprint density at radius 2 is 2.20 bits per heavy atom. The van der Waals surface area contributed by atoms with E-state index in [0.29, 0.717) is 5.75 Å². The minimum Gasteiger partial charge on any atom is -0.480 e. The summed E-state index contributed by atoms with van der Waals surface area (Å²) in [7, 11) is 0. The monoisotopic (exact) mass is 316 g/mol. The summed E-state index contributed by atoms with van der Waals surface area (Å²) in [6, 6.07) is 2.75. The van der Waals surface area contributed by atoms with Crippen LogP contribution in [-0.4, -0.2) is 44.5 Å². The highest BCUT2D eigenvalue weighted by atomic mass is 35.5. The molecule has 20 heavy (non-hydrogen) atoms. The number of hydrogen-bond acceptors (Lipinski definition) is 5. The van der Waals surface area contributed by atoms with Crippen LogP contribution in [0.25, 0.3) is 0 Å². The van der Waals surface area contributed by atoms with Gasteiger partial charge in [-0.2, -0.15) is 0 Å². The maximum atomic E-state index is 12.2. The predicted octanol–water partition coefficient (Wildman–Crippen LogP) is 1.85. The number of amides is 1. The van der Waals surface area contributed by atoms with Gasteiger partial charge in [0.1, 0.15) is 11.1 Å². The van der Waals surface area contributed by atoms with E-state index in [1.165, 1.54) is 28.8 Å². The van der Waals surface area contributed by atoms with Crippen molar-refractivity contribution in [2.24, 2.45) is 0 Å². The number of thioether (sulfide) groups is 1. The van der Waals surface area contributed by atoms with Crippen LogP contribution in [0.5, 0.6) is 0 Å². The summed E-state index contributed by atoms with van der Waals surface area (Å²) in [5, 5.41) is 19.7. The fourth-order valence-corrected chi connectivity index (χ4v) is 3.13. The van der Waals surface area contributed by atoms with Gasteiger partial charge in [-0.05, 0) is 12.1 Å². The molecular weight excluding hydrogens is 308 g/mol. The lowest BCUT2D eigenvalue weighted by molar-refractivity contribution is -0.384. The second kappa shape index (κ2) is 5.68. The molecule has 0 bridgehead atoms. The number of aliphatic carboxylic acids is 1. The van der Waals surface area contributed by atoms with Crippen molar-refractivity contribution in [2.75, 3.05) is 11.6 Å². The topological polar surface area (TPSA) is 101 Å². The molecule has 0 aromatic heterocycles. The smallest absolute Gasteiger partial charge is 0.327 e. The molecule has 1 atom stereocenters. The lowest BCUT2D eigenvalue weighted by Gasteiger charge is -2.20. The fourth-order valence-electron chi connectivity index (χ4n) is 1.80. The van der Waals surface area contributed by atoms with Crippen LogP contribution < -0.4 is 0 Å². The average molecular weight is 317 g/mol. The maximum absolute atomic E-state index is 12.2. The molecule has 106 valence electrons. The molecule has 0 unspecified atom stereocenters. The Morgan fingerprint density at radius 3 is 2.80 bits per heavy atom. The predicted molar refractivity (Wildman–Crippen MR) is 73.0 cm³/mol. The summed E-state index contributed by atoms with van der Waals surface area (Å²) in [6.07, 6.45) is 0. The van der Waals surface area contributed by atoms with E-state index in [-0.39, 0.29) is 22.2 Å². The third kappa shape index (κ3) is 2.70. The van der Waals surface area contributed by atoms with Gasteiger partial charge >= 0.3 is 5.97 Å². The molecule has 1 N–H and O–H groups in total. The van der Waals surface area contributed by atoms with Gasteiger partial charge in [-0.1, -0.05) is 11.6 Å². The van der Waals surface area contributed by atoms with Gasteiger partial charge in [0, 0.05) is 17.4 Å². The van der Waals surface area contributed by atoms with Gasteiger partial charge in [-0.3, -0.25) is 14.9 Å². The zero-order valence-corrected chi connectivity index (χ0v) is 11.6. The molecule has 1 amide bonds. The summed E-state index contributed by atoms with van der Waals surface area (Å²) in [5.41, 5.74) is -0.328. The van der Waals surface area contributed by atoms with Gasteiger partial charge in [-0.25, -0.2) is 4.79 Å². The van der Waals surface area contributed by atoms with E-state index >= 15 is 0 Å². The van der Waals surface area contributed by atoms with Crippen LogP contribution >= 0.6 is 23.4 Å². The second-order valence-electron chi connectivity index (χ2n) is 4.05. The molecule has 1 saturated heterocycles. The molecule has 9 heteroatoms. The highest BCUT2D eigenvalue weighted by molar-refractivity contribution is 7.99. The number of carboxylic acids is 1. The van der Waals surface area contributed by atoms with Crippen molar-refractivity contribution in [3.63, 3.8) is 0 Å². The van der Waals surface area contributed by atoms with Gasteiger partial charge in [0.2, 0.25) is 0 Å². The minimum absolute atomic E-state index is 0.0508. The van der Waals surface area contributed by atoms with Gasteiger partial charge in [0.15, 0.2) is 0 Å². The molecule has 1 aliphatic rings. The number of benzene rings is 1. The normalized spacial score (nSPS) is 18.1. The Balaban J connectivity index is 2.32. The number of carboxylic acid groups (broad SMARTS) is 1. The Morgan fingerprint density at radius 1 is 1.50 bits per heavy atom. The van der Waals surface area contributed by atoms with Crippen molar-refractivity contribution in [3.8, 4) is 0 Å². The quantitative estimate of drug-likeness (QED) is 0.674. The molecule has 1 aromatic carbocycles. The number of nitro benzene ring substituents is 1. The first-order valence-electron chi connectivity index (χ1n) is 5.47. The number of rotatable bonds is 3. The summed E-state index contributed by atoms with van der Waals surface area (Å²) in [6.45, 7) is 0. The van der Waals surface area contributed by atoms with Crippen LogP contribution in [0.2, 0.25) is 5.02 Å². The van der Waals surface area contributed by atoms with E-state index in [0.717, 1.165) is 6.07 Å². The number of carbonyl (C=O) groups excluding carboxylic acids is 1. The second-order valence-corrected chi connectivity index (χ2v) is 5.46. The van der Waals surface area contributed by atoms with Gasteiger partial charge in [0.05, 0.1) is 10.8 Å². The molecule has 1 aromatic rings. The number of halogens is 1. The van der Waals surface area contributed by atoms with Crippen LogP contribution in [0.1, 0.15) is 10.4 Å². The number of hydrogen-bond donors (Lipinski definition) is 1. The number of nitro groups is 1. The van der Waals surface area contributed by atoms with Crippen molar-refractivity contribution < 1.29 is 19.6 Å². The standard InChI is InChI=1S/C11H9ClN2O5S/c12-7-2-1-6(3-8(7)14(18)19)10(15)13-5-20-4-9(13)11(16)17/h1-3,9H,4-5H2,(H,16,17)/t9-/m0/s1. The Bertz CT molecular complexity index is 594. The molecule has 0 radical (unpaired) electrons. The molecule has 0 spiro atoms. The first-order valence-corrected chi connectivity index (χ1v) is 7.00. The van der Waals surface area contributed by atoms with Crippen LogP contribution in [-0.2, 0) is 4.79 Å². The van der Waals surface area contributed by atoms with E-state index < -0.39 is 22.8 Å². The van der Waals surface area contributed by atoms with Crippen molar-refractivity contribution in [3.05, 3.63) is 38.9 Å². The molecule has 0 saturated carbocycles. The van der Waals surface area contributed by atoms with Crippen LogP contribution in [0.4, 0.5) is 5.69 Å². The van der Waals surface area contributed by atoms with E-state index in [4.69, 9.17) is 16.7 Å². The Kier molecular flexibility index (Phi) is 4.15. The fraction of sp³-hybridized carbons (Fsp3) is 0.273. The largest absolute Gasteiger partial charge is 0.480 e. The lowest BCUT2D eigenvalue weighted by Crippen LogP contribution is -2.41. The lowest BCUT2D eigenvalue weighted by atomic mass is 10.1. The van der Waals surface area contributed by atoms with E-state index in [1.807, 2.05) is 0 Å². The molecule has 1 fully saturated rings. The van der Waals surface area contributed by atoms with Crippen molar-refractivity contribution in [1.29, 1.82) is 0 Å². The van der Waals surface area contributed by atoms with E-state index in [1.54, 1.807) is 0 Å². The van der Waals surface area contributed by atoms with Gasteiger partial charge < -0.3 is 10.0 Å². The summed E-state index contributed by atoms with van der Waals surface area (Å²) in [5.74, 6) is -1.10. The summed E-state index contributed by atoms with van der Waals surface area (Å²) < 4.78 is 0. The highest BCUT2D eigenvalue weighted by Gasteiger charge is 2.35. The van der Waals surface area contributed by atoms with Crippen LogP contribution in [0.15, 0.2) is 18.2 Å². The third-order valence-corrected chi connectivity index (χ3v) is 4.15.